The van der Waals surface area contributed by atoms with Gasteiger partial charge in [0.1, 0.15) is 0 Å². The quantitative estimate of drug-likeness (QED) is 0.555. The number of aromatic nitrogens is 1. The molecule has 0 bridgehead atoms. The molecule has 0 unspecified atom stereocenters. The fourth-order valence-corrected chi connectivity index (χ4v) is 3.99. The zero-order valence-corrected chi connectivity index (χ0v) is 15.5. The van der Waals surface area contributed by atoms with Crippen molar-refractivity contribution in [1.82, 2.24) is 4.98 Å². The second-order valence-electron chi connectivity index (χ2n) is 6.25. The van der Waals surface area contributed by atoms with Crippen LogP contribution in [0.2, 0.25) is 0 Å². The molecule has 132 valence electrons. The van der Waals surface area contributed by atoms with Crippen LogP contribution in [0.5, 0.6) is 0 Å². The van der Waals surface area contributed by atoms with Gasteiger partial charge in [-0.15, -0.1) is 22.9 Å². The van der Waals surface area contributed by atoms with E-state index in [0.717, 1.165) is 36.9 Å². The Morgan fingerprint density at radius 2 is 2.04 bits per heavy atom. The smallest absolute Gasteiger partial charge is 0.307 e. The third-order valence-electron chi connectivity index (χ3n) is 4.32. The average Bonchev–Trinajstić information content (AvgIpc) is 3.27. The van der Waals surface area contributed by atoms with Crippen LogP contribution in [0, 0.1) is 12.8 Å². The highest BCUT2D eigenvalue weighted by molar-refractivity contribution is 7.14. The van der Waals surface area contributed by atoms with E-state index in [2.05, 4.69) is 15.6 Å². The van der Waals surface area contributed by atoms with Crippen LogP contribution in [-0.2, 0) is 5.88 Å². The number of benzene rings is 1. The molecule has 25 heavy (non-hydrogen) atoms. The first kappa shape index (κ1) is 17.9. The van der Waals surface area contributed by atoms with E-state index in [9.17, 15) is 9.59 Å². The molecule has 5 nitrogen and oxygen atoms in total. The van der Waals surface area contributed by atoms with Crippen LogP contribution in [0.3, 0.4) is 0 Å². The van der Waals surface area contributed by atoms with Crippen molar-refractivity contribution in [2.45, 2.75) is 38.5 Å². The number of Topliss-reactive ketones (excluding diaryl/α,β-unsaturated/α-hetero) is 1. The molecule has 0 spiro atoms. The van der Waals surface area contributed by atoms with Gasteiger partial charge in [-0.1, -0.05) is 24.5 Å². The summed E-state index contributed by atoms with van der Waals surface area (Å²) < 4.78 is 0. The number of hydrogen-bond donors (Lipinski definition) is 2. The Hall–Kier alpha value is -1.92. The van der Waals surface area contributed by atoms with Crippen molar-refractivity contribution >= 4 is 45.6 Å². The predicted molar refractivity (Wildman–Crippen MR) is 102 cm³/mol. The van der Waals surface area contributed by atoms with Gasteiger partial charge >= 0.3 is 6.03 Å². The standard InChI is InChI=1S/C18H20ClN3O2S/c1-11-6-7-15(14(8-11)16(23)12-4-2-3-5-12)21-17(24)22-18-20-13(9-19)10-25-18/h6-8,10,12H,2-5,9H2,1H3,(H2,20,21,22,24). The number of hydrogen-bond acceptors (Lipinski definition) is 4. The third-order valence-corrected chi connectivity index (χ3v) is 5.40. The molecule has 1 aliphatic carbocycles. The van der Waals surface area contributed by atoms with Crippen molar-refractivity contribution in [2.24, 2.45) is 5.92 Å². The summed E-state index contributed by atoms with van der Waals surface area (Å²) in [5.74, 6) is 0.489. The summed E-state index contributed by atoms with van der Waals surface area (Å²) in [5, 5.41) is 7.73. The predicted octanol–water partition coefficient (Wildman–Crippen LogP) is 5.21. The van der Waals surface area contributed by atoms with Crippen LogP contribution < -0.4 is 10.6 Å². The molecule has 3 rings (SSSR count). The van der Waals surface area contributed by atoms with Gasteiger partial charge < -0.3 is 5.32 Å². The van der Waals surface area contributed by atoms with Gasteiger partial charge in [-0.25, -0.2) is 9.78 Å². The fourth-order valence-electron chi connectivity index (χ4n) is 3.06. The highest BCUT2D eigenvalue weighted by atomic mass is 35.5. The Morgan fingerprint density at radius 1 is 1.28 bits per heavy atom. The second kappa shape index (κ2) is 7.97. The van der Waals surface area contributed by atoms with Crippen LogP contribution in [0.25, 0.3) is 0 Å². The Morgan fingerprint density at radius 3 is 2.72 bits per heavy atom. The molecular formula is C18H20ClN3O2S. The highest BCUT2D eigenvalue weighted by Crippen LogP contribution is 2.31. The number of ketones is 1. The number of urea groups is 1. The molecule has 1 aromatic carbocycles. The van der Waals surface area contributed by atoms with Crippen molar-refractivity contribution < 1.29 is 9.59 Å². The lowest BCUT2D eigenvalue weighted by Gasteiger charge is -2.14. The highest BCUT2D eigenvalue weighted by Gasteiger charge is 2.26. The number of aryl methyl sites for hydroxylation is 1. The molecule has 2 N–H and O–H groups in total. The van der Waals surface area contributed by atoms with Crippen LogP contribution in [0.4, 0.5) is 15.6 Å². The number of nitrogens with zero attached hydrogens (tertiary/aromatic N) is 1. The monoisotopic (exact) mass is 377 g/mol. The molecule has 1 aromatic heterocycles. The van der Waals surface area contributed by atoms with E-state index in [4.69, 9.17) is 11.6 Å². The molecule has 2 amide bonds. The second-order valence-corrected chi connectivity index (χ2v) is 7.38. The van der Waals surface area contributed by atoms with E-state index >= 15 is 0 Å². The number of carbonyl (C=O) groups excluding carboxylic acids is 2. The number of halogens is 1. The number of carbonyl (C=O) groups is 2. The summed E-state index contributed by atoms with van der Waals surface area (Å²) >= 11 is 7.03. The number of rotatable bonds is 5. The molecular weight excluding hydrogens is 358 g/mol. The van der Waals surface area contributed by atoms with E-state index in [0.29, 0.717) is 22.3 Å². The first-order chi connectivity index (χ1) is 12.1. The molecule has 2 aromatic rings. The maximum Gasteiger partial charge on any atom is 0.325 e. The molecule has 1 aliphatic rings. The van der Waals surface area contributed by atoms with Crippen molar-refractivity contribution in [3.63, 3.8) is 0 Å². The van der Waals surface area contributed by atoms with E-state index in [1.807, 2.05) is 19.1 Å². The molecule has 0 saturated heterocycles. The van der Waals surface area contributed by atoms with Crippen LogP contribution in [0.15, 0.2) is 23.6 Å². The molecule has 0 atom stereocenters. The first-order valence-corrected chi connectivity index (χ1v) is 9.71. The molecule has 1 heterocycles. The Bertz CT molecular complexity index is 784. The maximum absolute atomic E-state index is 12.8. The fraction of sp³-hybridized carbons (Fsp3) is 0.389. The molecule has 7 heteroatoms. The van der Waals surface area contributed by atoms with Gasteiger partial charge in [-0.05, 0) is 31.9 Å². The van der Waals surface area contributed by atoms with Crippen LogP contribution in [-0.4, -0.2) is 16.8 Å². The zero-order valence-electron chi connectivity index (χ0n) is 14.0. The lowest BCUT2D eigenvalue weighted by Crippen LogP contribution is -2.22. The van der Waals surface area contributed by atoms with Gasteiger partial charge in [0.15, 0.2) is 10.9 Å². The number of nitrogens with one attached hydrogen (secondary N) is 2. The molecule has 0 radical (unpaired) electrons. The van der Waals surface area contributed by atoms with E-state index in [-0.39, 0.29) is 11.7 Å². The summed E-state index contributed by atoms with van der Waals surface area (Å²) in [6, 6.07) is 5.10. The van der Waals surface area contributed by atoms with Gasteiger partial charge in [-0.2, -0.15) is 0 Å². The Kier molecular flexibility index (Phi) is 5.71. The summed E-state index contributed by atoms with van der Waals surface area (Å²) in [6.07, 6.45) is 4.05. The summed E-state index contributed by atoms with van der Waals surface area (Å²) in [6.45, 7) is 1.94. The van der Waals surface area contributed by atoms with Crippen LogP contribution >= 0.6 is 22.9 Å². The third kappa shape index (κ3) is 4.38. The summed E-state index contributed by atoms with van der Waals surface area (Å²) in [7, 11) is 0. The van der Waals surface area contributed by atoms with Gasteiger partial charge in [0, 0.05) is 16.9 Å². The normalized spacial score (nSPS) is 14.5. The van der Waals surface area contributed by atoms with E-state index in [1.54, 1.807) is 11.4 Å². The lowest BCUT2D eigenvalue weighted by molar-refractivity contribution is 0.0923. The summed E-state index contributed by atoms with van der Waals surface area (Å²) in [5.41, 5.74) is 2.84. The van der Waals surface area contributed by atoms with Crippen molar-refractivity contribution in [1.29, 1.82) is 0 Å². The molecule has 0 aliphatic heterocycles. The SMILES string of the molecule is Cc1ccc(NC(=O)Nc2nc(CCl)cs2)c(C(=O)C2CCCC2)c1. The average molecular weight is 378 g/mol. The number of alkyl halides is 1. The lowest BCUT2D eigenvalue weighted by atomic mass is 9.94. The van der Waals surface area contributed by atoms with Crippen LogP contribution in [0.1, 0.15) is 47.3 Å². The van der Waals surface area contributed by atoms with Gasteiger partial charge in [0.2, 0.25) is 0 Å². The van der Waals surface area contributed by atoms with Gasteiger partial charge in [0.05, 0.1) is 17.3 Å². The Labute approximate surface area is 155 Å². The summed E-state index contributed by atoms with van der Waals surface area (Å²) in [4.78, 5) is 29.3. The maximum atomic E-state index is 12.8. The topological polar surface area (TPSA) is 71.1 Å². The number of thiazole rings is 1. The minimum absolute atomic E-state index is 0.0654. The first-order valence-electron chi connectivity index (χ1n) is 8.30. The molecule has 1 fully saturated rings. The number of amides is 2. The zero-order chi connectivity index (χ0) is 17.8. The van der Waals surface area contributed by atoms with Crippen molar-refractivity contribution in [3.05, 3.63) is 40.4 Å². The molecule has 1 saturated carbocycles. The minimum Gasteiger partial charge on any atom is -0.307 e. The van der Waals surface area contributed by atoms with E-state index in [1.165, 1.54) is 11.3 Å². The minimum atomic E-state index is -0.417. The van der Waals surface area contributed by atoms with Crippen molar-refractivity contribution in [3.8, 4) is 0 Å². The largest absolute Gasteiger partial charge is 0.325 e. The van der Waals surface area contributed by atoms with Gasteiger partial charge in [0.25, 0.3) is 0 Å². The van der Waals surface area contributed by atoms with E-state index < -0.39 is 6.03 Å². The van der Waals surface area contributed by atoms with Gasteiger partial charge in [-0.3, -0.25) is 10.1 Å². The Balaban J connectivity index is 1.74. The number of anilines is 2. The van der Waals surface area contributed by atoms with Crippen molar-refractivity contribution in [2.75, 3.05) is 10.6 Å².